The van der Waals surface area contributed by atoms with Crippen LogP contribution in [-0.2, 0) is 0 Å². The van der Waals surface area contributed by atoms with Crippen molar-refractivity contribution in [2.24, 2.45) is 0 Å². The molecule has 0 spiro atoms. The number of nitrogens with one attached hydrogen (secondary N) is 2. The molecule has 1 saturated carbocycles. The van der Waals surface area contributed by atoms with Gasteiger partial charge in [-0.25, -0.2) is 18.4 Å². The number of rotatable bonds is 3. The average molecular weight is 309 g/mol. The normalized spacial score (nSPS) is 18.3. The molecule has 8 heteroatoms. The molecular weight excluding hydrogens is 292 g/mol. The molecule has 0 bridgehead atoms. The zero-order valence-corrected chi connectivity index (χ0v) is 12.1. The first-order valence-corrected chi connectivity index (χ1v) is 7.19. The van der Waals surface area contributed by atoms with Crippen molar-refractivity contribution in [3.8, 4) is 5.95 Å². The highest BCUT2D eigenvalue weighted by Crippen LogP contribution is 2.34. The van der Waals surface area contributed by atoms with Crippen molar-refractivity contribution in [2.45, 2.75) is 44.6 Å². The van der Waals surface area contributed by atoms with E-state index in [4.69, 9.17) is 0 Å². The van der Waals surface area contributed by atoms with Crippen LogP contribution in [0.5, 0.6) is 0 Å². The monoisotopic (exact) mass is 309 g/mol. The molecule has 22 heavy (non-hydrogen) atoms. The van der Waals surface area contributed by atoms with E-state index in [9.17, 15) is 13.6 Å². The number of halogens is 2. The van der Waals surface area contributed by atoms with Crippen LogP contribution in [0, 0.1) is 6.92 Å². The maximum absolute atomic E-state index is 13.2. The molecule has 0 amide bonds. The third-order valence-electron chi connectivity index (χ3n) is 3.73. The molecule has 2 heterocycles. The molecule has 2 aromatic heterocycles. The van der Waals surface area contributed by atoms with E-state index in [2.05, 4.69) is 20.4 Å². The van der Waals surface area contributed by atoms with Crippen molar-refractivity contribution in [3.05, 3.63) is 34.4 Å². The Morgan fingerprint density at radius 2 is 2.09 bits per heavy atom. The number of hydrogen-bond donors (Lipinski definition) is 2. The van der Waals surface area contributed by atoms with E-state index in [0.717, 1.165) is 5.69 Å². The number of H-pyrrole nitrogens is 1. The van der Waals surface area contributed by atoms with Gasteiger partial charge in [-0.15, -0.1) is 0 Å². The van der Waals surface area contributed by atoms with Crippen LogP contribution in [0.15, 0.2) is 23.1 Å². The lowest BCUT2D eigenvalue weighted by atomic mass is 9.92. The summed E-state index contributed by atoms with van der Waals surface area (Å²) in [7, 11) is 0. The number of aromatic nitrogens is 4. The molecule has 118 valence electrons. The van der Waals surface area contributed by atoms with E-state index >= 15 is 0 Å². The molecule has 3 rings (SSSR count). The lowest BCUT2D eigenvalue weighted by Crippen LogP contribution is -2.32. The van der Waals surface area contributed by atoms with Gasteiger partial charge in [-0.2, -0.15) is 4.98 Å². The fourth-order valence-electron chi connectivity index (χ4n) is 2.58. The molecule has 1 aliphatic rings. The van der Waals surface area contributed by atoms with Crippen molar-refractivity contribution >= 4 is 5.82 Å². The molecule has 0 atom stereocenters. The third kappa shape index (κ3) is 3.32. The largest absolute Gasteiger partial charge is 0.367 e. The Balaban J connectivity index is 1.77. The van der Waals surface area contributed by atoms with Crippen molar-refractivity contribution in [3.63, 3.8) is 0 Å². The second kappa shape index (κ2) is 5.51. The predicted octanol–water partition coefficient (Wildman–Crippen LogP) is 2.25. The highest BCUT2D eigenvalue weighted by molar-refractivity contribution is 5.39. The van der Waals surface area contributed by atoms with Crippen LogP contribution in [0.4, 0.5) is 14.6 Å². The van der Waals surface area contributed by atoms with Gasteiger partial charge in [-0.3, -0.25) is 9.89 Å². The average Bonchev–Trinajstić information content (AvgIpc) is 2.87. The maximum Gasteiger partial charge on any atom is 0.264 e. The molecule has 0 saturated heterocycles. The first kappa shape index (κ1) is 14.7. The zero-order valence-electron chi connectivity index (χ0n) is 12.1. The van der Waals surface area contributed by atoms with Crippen LogP contribution in [0.25, 0.3) is 5.95 Å². The summed E-state index contributed by atoms with van der Waals surface area (Å²) in [5.74, 6) is -1.63. The van der Waals surface area contributed by atoms with Gasteiger partial charge in [0.2, 0.25) is 5.92 Å². The van der Waals surface area contributed by atoms with Gasteiger partial charge in [0.1, 0.15) is 5.82 Å². The Bertz CT molecular complexity index is 714. The summed E-state index contributed by atoms with van der Waals surface area (Å²) in [6.07, 6.45) is 2.15. The summed E-state index contributed by atoms with van der Waals surface area (Å²) < 4.78 is 27.8. The van der Waals surface area contributed by atoms with Crippen molar-refractivity contribution < 1.29 is 8.78 Å². The summed E-state index contributed by atoms with van der Waals surface area (Å²) in [5.41, 5.74) is 0.484. The lowest BCUT2D eigenvalue weighted by molar-refractivity contribution is -0.0361. The van der Waals surface area contributed by atoms with E-state index in [1.165, 1.54) is 10.7 Å². The van der Waals surface area contributed by atoms with Gasteiger partial charge < -0.3 is 5.32 Å². The molecule has 1 aliphatic carbocycles. The molecular formula is C14H17F2N5O. The summed E-state index contributed by atoms with van der Waals surface area (Å²) in [4.78, 5) is 19.8. The number of aromatic amines is 1. The smallest absolute Gasteiger partial charge is 0.264 e. The Hall–Kier alpha value is -2.25. The van der Waals surface area contributed by atoms with Gasteiger partial charge in [0.05, 0.1) is 0 Å². The Morgan fingerprint density at radius 3 is 2.73 bits per heavy atom. The Labute approximate surface area is 125 Å². The number of alkyl halides is 2. The minimum absolute atomic E-state index is 0.0227. The van der Waals surface area contributed by atoms with Crippen LogP contribution < -0.4 is 10.9 Å². The molecule has 6 nitrogen and oxygen atoms in total. The van der Waals surface area contributed by atoms with Crippen LogP contribution >= 0.6 is 0 Å². The molecule has 2 aromatic rings. The minimum atomic E-state index is -2.55. The summed E-state index contributed by atoms with van der Waals surface area (Å²) in [6.45, 7) is 1.81. The van der Waals surface area contributed by atoms with Gasteiger partial charge in [0.15, 0.2) is 0 Å². The van der Waals surface area contributed by atoms with E-state index < -0.39 is 5.92 Å². The highest BCUT2D eigenvalue weighted by Gasteiger charge is 2.34. The highest BCUT2D eigenvalue weighted by atomic mass is 19.3. The number of aryl methyl sites for hydroxylation is 1. The van der Waals surface area contributed by atoms with E-state index in [0.29, 0.717) is 24.6 Å². The Morgan fingerprint density at radius 1 is 1.36 bits per heavy atom. The van der Waals surface area contributed by atoms with E-state index in [-0.39, 0.29) is 24.4 Å². The summed E-state index contributed by atoms with van der Waals surface area (Å²) in [6, 6.07) is 3.12. The second-order valence-corrected chi connectivity index (χ2v) is 5.63. The minimum Gasteiger partial charge on any atom is -0.367 e. The fourth-order valence-corrected chi connectivity index (χ4v) is 2.58. The van der Waals surface area contributed by atoms with Crippen LogP contribution in [-0.4, -0.2) is 31.7 Å². The first-order chi connectivity index (χ1) is 10.4. The molecule has 0 radical (unpaired) electrons. The van der Waals surface area contributed by atoms with Gasteiger partial charge in [-0.05, 0) is 19.8 Å². The topological polar surface area (TPSA) is 75.6 Å². The SMILES string of the molecule is Cc1cc(NC2CCC(F)(F)CC2)nc(-n2ccc(=O)[nH]2)n1. The number of anilines is 1. The lowest BCUT2D eigenvalue weighted by Gasteiger charge is -2.29. The maximum atomic E-state index is 13.2. The molecule has 1 fully saturated rings. The van der Waals surface area contributed by atoms with Gasteiger partial charge in [0, 0.05) is 42.9 Å². The summed E-state index contributed by atoms with van der Waals surface area (Å²) >= 11 is 0. The fraction of sp³-hybridized carbons (Fsp3) is 0.500. The zero-order chi connectivity index (χ0) is 15.7. The standard InChI is InChI=1S/C14H17F2N5O/c1-9-8-11(18-10-2-5-14(15,16)6-3-10)19-13(17-9)21-7-4-12(22)20-21/h4,7-8,10H,2-3,5-6H2,1H3,(H,20,22)(H,17,18,19). The van der Waals surface area contributed by atoms with Crippen LogP contribution in [0.1, 0.15) is 31.4 Å². The van der Waals surface area contributed by atoms with Crippen molar-refractivity contribution in [1.29, 1.82) is 0 Å². The molecule has 0 aliphatic heterocycles. The predicted molar refractivity (Wildman–Crippen MR) is 77.5 cm³/mol. The van der Waals surface area contributed by atoms with Gasteiger partial charge in [-0.1, -0.05) is 0 Å². The van der Waals surface area contributed by atoms with E-state index in [1.807, 2.05) is 6.92 Å². The number of nitrogens with zero attached hydrogens (tertiary/aromatic N) is 3. The van der Waals surface area contributed by atoms with Crippen molar-refractivity contribution in [2.75, 3.05) is 5.32 Å². The first-order valence-electron chi connectivity index (χ1n) is 7.19. The Kier molecular flexibility index (Phi) is 3.67. The van der Waals surface area contributed by atoms with Gasteiger partial charge >= 0.3 is 0 Å². The van der Waals surface area contributed by atoms with E-state index in [1.54, 1.807) is 12.3 Å². The molecule has 0 aromatic carbocycles. The molecule has 2 N–H and O–H groups in total. The van der Waals surface area contributed by atoms with Crippen LogP contribution in [0.3, 0.4) is 0 Å². The number of hydrogen-bond acceptors (Lipinski definition) is 4. The van der Waals surface area contributed by atoms with Crippen molar-refractivity contribution in [1.82, 2.24) is 19.7 Å². The quantitative estimate of drug-likeness (QED) is 0.912. The summed E-state index contributed by atoms with van der Waals surface area (Å²) in [5, 5.41) is 5.76. The molecule has 0 unspecified atom stereocenters. The third-order valence-corrected chi connectivity index (χ3v) is 3.73. The second-order valence-electron chi connectivity index (χ2n) is 5.63. The van der Waals surface area contributed by atoms with Crippen LogP contribution in [0.2, 0.25) is 0 Å². The van der Waals surface area contributed by atoms with Gasteiger partial charge in [0.25, 0.3) is 11.5 Å².